The van der Waals surface area contributed by atoms with Crippen molar-refractivity contribution in [3.05, 3.63) is 100 Å². The number of amides is 2. The van der Waals surface area contributed by atoms with Gasteiger partial charge in [0.1, 0.15) is 11.5 Å². The Balaban J connectivity index is 1.45. The Morgan fingerprint density at radius 1 is 0.789 bits per heavy atom. The van der Waals surface area contributed by atoms with Crippen molar-refractivity contribution in [2.45, 2.75) is 90.5 Å². The zero-order valence-electron chi connectivity index (χ0n) is 33.1. The lowest BCUT2D eigenvalue weighted by Crippen LogP contribution is -2.33. The van der Waals surface area contributed by atoms with Gasteiger partial charge in [0.05, 0.1) is 11.3 Å². The van der Waals surface area contributed by atoms with Crippen molar-refractivity contribution in [2.75, 3.05) is 26.2 Å². The molecule has 0 aliphatic carbocycles. The van der Waals surface area contributed by atoms with Crippen LogP contribution in [0.15, 0.2) is 84.0 Å². The third-order valence-corrected chi connectivity index (χ3v) is 11.6. The minimum atomic E-state index is -0.589. The molecule has 0 unspecified atom stereocenters. The summed E-state index contributed by atoms with van der Waals surface area (Å²) in [4.78, 5) is 29.5. The predicted molar refractivity (Wildman–Crippen MR) is 230 cm³/mol. The minimum Gasteiger partial charge on any atom is -0.508 e. The Morgan fingerprint density at radius 2 is 1.47 bits per heavy atom. The molecular formula is C45H58N6O5S. The number of fused-ring (bicyclic) bond motifs is 1. The normalized spacial score (nSPS) is 11.7. The lowest BCUT2D eigenvalue weighted by atomic mass is 10.0. The molecular weight excluding hydrogens is 737 g/mol. The third kappa shape index (κ3) is 11.5. The van der Waals surface area contributed by atoms with Gasteiger partial charge < -0.3 is 31.2 Å². The zero-order chi connectivity index (χ0) is 40.6. The fourth-order valence-corrected chi connectivity index (χ4v) is 8.50. The number of carbonyl (C=O) groups is 2. The van der Waals surface area contributed by atoms with Crippen molar-refractivity contribution in [2.24, 2.45) is 16.6 Å². The van der Waals surface area contributed by atoms with Crippen molar-refractivity contribution in [3.8, 4) is 27.4 Å². The number of hydroxylamine groups is 1. The second kappa shape index (κ2) is 22.1. The molecule has 8 N–H and O–H groups in total. The van der Waals surface area contributed by atoms with Gasteiger partial charge in [0.25, 0.3) is 5.91 Å². The predicted octanol–water partition coefficient (Wildman–Crippen LogP) is 8.69. The van der Waals surface area contributed by atoms with Crippen LogP contribution in [-0.2, 0) is 17.8 Å². The number of hydrogen-bond acceptors (Lipinski definition) is 9. The number of aromatic nitrogens is 1. The van der Waals surface area contributed by atoms with Gasteiger partial charge in [-0.1, -0.05) is 87.0 Å². The highest BCUT2D eigenvalue weighted by Gasteiger charge is 2.21. The lowest BCUT2D eigenvalue weighted by molar-refractivity contribution is -0.128. The maximum absolute atomic E-state index is 13.9. The summed E-state index contributed by atoms with van der Waals surface area (Å²) < 4.78 is 2.26. The van der Waals surface area contributed by atoms with Crippen LogP contribution < -0.4 is 16.9 Å². The molecule has 2 heterocycles. The number of aryl methyl sites for hydroxylation is 1. The quantitative estimate of drug-likeness (QED) is 0.0126. The molecule has 12 heteroatoms. The van der Waals surface area contributed by atoms with Crippen LogP contribution in [0.4, 0.5) is 0 Å². The van der Waals surface area contributed by atoms with Crippen LogP contribution in [-0.4, -0.2) is 68.7 Å². The fourth-order valence-electron chi connectivity index (χ4n) is 7.31. The van der Waals surface area contributed by atoms with Gasteiger partial charge in [-0.3, -0.25) is 14.8 Å². The van der Waals surface area contributed by atoms with Gasteiger partial charge >= 0.3 is 0 Å². The molecule has 3 aromatic carbocycles. The van der Waals surface area contributed by atoms with Gasteiger partial charge in [0.15, 0.2) is 0 Å². The Morgan fingerprint density at radius 3 is 2.14 bits per heavy atom. The van der Waals surface area contributed by atoms with E-state index in [9.17, 15) is 25.1 Å². The molecule has 0 bridgehead atoms. The highest BCUT2D eigenvalue weighted by molar-refractivity contribution is 7.17. The van der Waals surface area contributed by atoms with E-state index in [1.165, 1.54) is 30.6 Å². The Bertz CT molecular complexity index is 2080. The molecule has 0 fully saturated rings. The first-order valence-electron chi connectivity index (χ1n) is 20.3. The molecule has 0 aliphatic heterocycles. The second-order valence-electron chi connectivity index (χ2n) is 14.6. The first kappa shape index (κ1) is 43.1. The summed E-state index contributed by atoms with van der Waals surface area (Å²) in [7, 11) is 0. The lowest BCUT2D eigenvalue weighted by Gasteiger charge is -2.23. The summed E-state index contributed by atoms with van der Waals surface area (Å²) in [5, 5.41) is 34.6. The topological polar surface area (TPSA) is 179 Å². The second-order valence-corrected chi connectivity index (χ2v) is 15.7. The number of nitrogens with two attached hydrogens (primary N) is 2. The summed E-state index contributed by atoms with van der Waals surface area (Å²) in [5.41, 5.74) is 19.2. The number of benzene rings is 3. The number of rotatable bonds is 23. The van der Waals surface area contributed by atoms with E-state index in [0.29, 0.717) is 57.4 Å². The molecule has 0 radical (unpaired) electrons. The molecule has 0 spiro atoms. The molecule has 5 rings (SSSR count). The summed E-state index contributed by atoms with van der Waals surface area (Å²) in [6, 6.07) is 24.5. The summed E-state index contributed by atoms with van der Waals surface area (Å²) in [6.07, 6.45) is 11.5. The summed E-state index contributed by atoms with van der Waals surface area (Å²) >= 11 is 1.33. The molecule has 2 aromatic heterocycles. The van der Waals surface area contributed by atoms with Crippen molar-refractivity contribution in [3.63, 3.8) is 0 Å². The van der Waals surface area contributed by atoms with Gasteiger partial charge in [0, 0.05) is 52.2 Å². The monoisotopic (exact) mass is 794 g/mol. The molecule has 304 valence electrons. The molecule has 5 aromatic rings. The van der Waals surface area contributed by atoms with Gasteiger partial charge in [-0.2, -0.15) is 0 Å². The van der Waals surface area contributed by atoms with E-state index in [-0.39, 0.29) is 18.1 Å². The average Bonchev–Trinajstić information content (AvgIpc) is 3.81. The highest BCUT2D eigenvalue weighted by Crippen LogP contribution is 2.37. The van der Waals surface area contributed by atoms with Gasteiger partial charge in [-0.05, 0) is 104 Å². The van der Waals surface area contributed by atoms with E-state index in [4.69, 9.17) is 11.5 Å². The molecule has 0 atom stereocenters. The molecule has 0 aliphatic rings. The van der Waals surface area contributed by atoms with E-state index >= 15 is 0 Å². The van der Waals surface area contributed by atoms with Crippen LogP contribution in [0.5, 0.6) is 5.75 Å². The van der Waals surface area contributed by atoms with Crippen LogP contribution in [0.1, 0.15) is 104 Å². The largest absolute Gasteiger partial charge is 0.508 e. The standard InChI is InChI=1S/C45H58N6O5S/c1-2-3-4-6-10-24-50(25-11-7-5-8-22-46)45(54)33-18-16-32(17-19-33)39-28-34-20-21-35(29-40(34)51(39)26-12-9-23-47)43(49-56)41-30-37(31-42(53)48-55)44(57-41)36-14-13-15-38(52)27-36/h13-21,27-30,52,55-56H,2-12,22-26,31,46-47H2,1H3,(H,48,53)/b49-43+. The maximum atomic E-state index is 13.9. The van der Waals surface area contributed by atoms with E-state index in [0.717, 1.165) is 86.6 Å². The first-order valence-corrected chi connectivity index (χ1v) is 21.1. The van der Waals surface area contributed by atoms with Crippen LogP contribution in [0.3, 0.4) is 0 Å². The number of nitrogens with one attached hydrogen (secondary N) is 1. The molecule has 2 amide bonds. The number of phenolic OH excluding ortho intramolecular Hbond substituents is 1. The van der Waals surface area contributed by atoms with E-state index < -0.39 is 5.91 Å². The van der Waals surface area contributed by atoms with Crippen molar-refractivity contribution >= 4 is 39.8 Å². The Kier molecular flexibility index (Phi) is 16.7. The third-order valence-electron chi connectivity index (χ3n) is 10.4. The molecule has 0 saturated carbocycles. The number of hydrogen-bond donors (Lipinski definition) is 6. The number of thiophene rings is 1. The van der Waals surface area contributed by atoms with E-state index in [1.54, 1.807) is 29.7 Å². The van der Waals surface area contributed by atoms with Crippen LogP contribution in [0, 0.1) is 0 Å². The van der Waals surface area contributed by atoms with Crippen LogP contribution in [0.2, 0.25) is 0 Å². The Labute approximate surface area is 340 Å². The van der Waals surface area contributed by atoms with Gasteiger partial charge in [-0.25, -0.2) is 5.48 Å². The zero-order valence-corrected chi connectivity index (χ0v) is 33.9. The van der Waals surface area contributed by atoms with Crippen LogP contribution >= 0.6 is 11.3 Å². The number of unbranched alkanes of at least 4 members (excludes halogenated alkanes) is 8. The average molecular weight is 795 g/mol. The number of nitrogens with zero attached hydrogens (tertiary/aromatic N) is 3. The number of oxime groups is 1. The van der Waals surface area contributed by atoms with Gasteiger partial charge in [0.2, 0.25) is 5.91 Å². The smallest absolute Gasteiger partial charge is 0.253 e. The van der Waals surface area contributed by atoms with Crippen molar-refractivity contribution in [1.29, 1.82) is 0 Å². The summed E-state index contributed by atoms with van der Waals surface area (Å²) in [6.45, 7) is 5.71. The first-order chi connectivity index (χ1) is 27.8. The molecule has 0 saturated heterocycles. The minimum absolute atomic E-state index is 0.0702. The number of phenols is 1. The fraction of sp³-hybridized carbons (Fsp3) is 0.400. The van der Waals surface area contributed by atoms with Crippen molar-refractivity contribution < 1.29 is 25.1 Å². The Hall–Kier alpha value is -5.01. The van der Waals surface area contributed by atoms with E-state index in [1.807, 2.05) is 53.4 Å². The highest BCUT2D eigenvalue weighted by atomic mass is 32.1. The molecule has 57 heavy (non-hydrogen) atoms. The maximum Gasteiger partial charge on any atom is 0.253 e. The van der Waals surface area contributed by atoms with Crippen LogP contribution in [0.25, 0.3) is 32.6 Å². The summed E-state index contributed by atoms with van der Waals surface area (Å²) in [5.74, 6) is -0.441. The SMILES string of the molecule is CCCCCCCN(CCCCCCN)C(=O)c1ccc(-c2cc3ccc(/C(=N\O)c4cc(CC(=O)NO)c(-c5cccc(O)c5)s4)cc3n2CCCCN)cc1. The van der Waals surface area contributed by atoms with E-state index in [2.05, 4.69) is 22.7 Å². The number of aromatic hydroxyl groups is 1. The number of carbonyl (C=O) groups excluding carboxylic acids is 2. The van der Waals surface area contributed by atoms with Gasteiger partial charge in [-0.15, -0.1) is 11.3 Å². The molecule has 11 nitrogen and oxygen atoms in total. The van der Waals surface area contributed by atoms with Crippen molar-refractivity contribution in [1.82, 2.24) is 14.9 Å².